The summed E-state index contributed by atoms with van der Waals surface area (Å²) in [5.74, 6) is -0.733. The van der Waals surface area contributed by atoms with Gasteiger partial charge in [-0.15, -0.1) is 0 Å². The molecule has 0 amide bonds. The first-order valence-corrected chi connectivity index (χ1v) is 5.10. The van der Waals surface area contributed by atoms with Gasteiger partial charge in [-0.2, -0.15) is 0 Å². The van der Waals surface area contributed by atoms with Gasteiger partial charge in [-0.25, -0.2) is 4.79 Å². The Morgan fingerprint density at radius 2 is 2.13 bits per heavy atom. The van der Waals surface area contributed by atoms with Crippen LogP contribution in [0.2, 0.25) is 0 Å². The summed E-state index contributed by atoms with van der Waals surface area (Å²) in [6.45, 7) is 4.15. The van der Waals surface area contributed by atoms with Crippen LogP contribution in [0.3, 0.4) is 0 Å². The molecule has 0 aliphatic rings. The van der Waals surface area contributed by atoms with E-state index in [1.807, 2.05) is 0 Å². The number of benzene rings is 1. The average Bonchev–Trinajstić information content (AvgIpc) is 2.20. The molecule has 1 aromatic rings. The van der Waals surface area contributed by atoms with Gasteiger partial charge in [0.05, 0.1) is 0 Å². The Morgan fingerprint density at radius 1 is 1.47 bits per heavy atom. The summed E-state index contributed by atoms with van der Waals surface area (Å²) >= 11 is 0. The quantitative estimate of drug-likeness (QED) is 0.799. The lowest BCUT2D eigenvalue weighted by Gasteiger charge is -2.11. The minimum absolute atomic E-state index is 0.0178. The molecule has 0 bridgehead atoms. The molecule has 0 saturated carbocycles. The third kappa shape index (κ3) is 2.72. The van der Waals surface area contributed by atoms with Crippen LogP contribution in [0, 0.1) is 5.92 Å². The number of hydrogen-bond donors (Lipinski definition) is 2. The summed E-state index contributed by atoms with van der Waals surface area (Å²) in [5.41, 5.74) is 0.694. The third-order valence-electron chi connectivity index (χ3n) is 2.62. The van der Waals surface area contributed by atoms with E-state index in [9.17, 15) is 9.90 Å². The van der Waals surface area contributed by atoms with E-state index < -0.39 is 5.97 Å². The van der Waals surface area contributed by atoms with Gasteiger partial charge in [0.25, 0.3) is 0 Å². The molecule has 3 heteroatoms. The van der Waals surface area contributed by atoms with Crippen LogP contribution in [0.5, 0.6) is 5.75 Å². The molecule has 3 nitrogen and oxygen atoms in total. The van der Waals surface area contributed by atoms with Gasteiger partial charge in [0.1, 0.15) is 11.3 Å². The van der Waals surface area contributed by atoms with Crippen LogP contribution in [0.1, 0.15) is 36.2 Å². The Hall–Kier alpha value is -1.51. The second-order valence-corrected chi connectivity index (χ2v) is 3.84. The maximum atomic E-state index is 10.8. The molecule has 15 heavy (non-hydrogen) atoms. The van der Waals surface area contributed by atoms with Crippen LogP contribution >= 0.6 is 0 Å². The number of phenols is 1. The van der Waals surface area contributed by atoms with Crippen molar-refractivity contribution in [1.29, 1.82) is 0 Å². The zero-order valence-corrected chi connectivity index (χ0v) is 9.03. The molecular formula is C12H16O3. The van der Waals surface area contributed by atoms with Crippen molar-refractivity contribution in [3.05, 3.63) is 29.3 Å². The van der Waals surface area contributed by atoms with Crippen LogP contribution < -0.4 is 0 Å². The fraction of sp³-hybridized carbons (Fsp3) is 0.417. The fourth-order valence-electron chi connectivity index (χ4n) is 1.45. The molecule has 0 aliphatic carbocycles. The van der Waals surface area contributed by atoms with E-state index in [4.69, 9.17) is 5.11 Å². The largest absolute Gasteiger partial charge is 0.507 e. The number of carboxylic acid groups (broad SMARTS) is 1. The summed E-state index contributed by atoms with van der Waals surface area (Å²) in [5, 5.41) is 18.5. The topological polar surface area (TPSA) is 57.5 Å². The van der Waals surface area contributed by atoms with E-state index in [0.717, 1.165) is 6.42 Å². The van der Waals surface area contributed by atoms with Crippen LogP contribution in [0.25, 0.3) is 0 Å². The highest BCUT2D eigenvalue weighted by Crippen LogP contribution is 2.25. The lowest BCUT2D eigenvalue weighted by atomic mass is 9.96. The Labute approximate surface area is 89.4 Å². The van der Waals surface area contributed by atoms with Crippen LogP contribution in [0.4, 0.5) is 0 Å². The number of aromatic hydroxyl groups is 1. The van der Waals surface area contributed by atoms with E-state index in [1.165, 1.54) is 6.07 Å². The second kappa shape index (κ2) is 4.82. The Kier molecular flexibility index (Phi) is 3.72. The highest BCUT2D eigenvalue weighted by atomic mass is 16.4. The van der Waals surface area contributed by atoms with E-state index in [1.54, 1.807) is 12.1 Å². The lowest BCUT2D eigenvalue weighted by Crippen LogP contribution is -2.02. The molecule has 1 aromatic carbocycles. The standard InChI is InChI=1S/C12H16O3/c1-3-8(2)7-9-5-4-6-10(11(9)13)12(14)15/h4-6,8,13H,3,7H2,1-2H3,(H,14,15). The van der Waals surface area contributed by atoms with Crippen molar-refractivity contribution in [3.63, 3.8) is 0 Å². The minimum Gasteiger partial charge on any atom is -0.507 e. The molecule has 0 aliphatic heterocycles. The molecule has 2 N–H and O–H groups in total. The smallest absolute Gasteiger partial charge is 0.339 e. The van der Waals surface area contributed by atoms with Gasteiger partial charge in [-0.05, 0) is 24.0 Å². The lowest BCUT2D eigenvalue weighted by molar-refractivity contribution is 0.0693. The van der Waals surface area contributed by atoms with Gasteiger partial charge in [-0.1, -0.05) is 32.4 Å². The van der Waals surface area contributed by atoms with E-state index >= 15 is 0 Å². The summed E-state index contributed by atoms with van der Waals surface area (Å²) in [6.07, 6.45) is 1.72. The maximum Gasteiger partial charge on any atom is 0.339 e. The SMILES string of the molecule is CCC(C)Cc1cccc(C(=O)O)c1O. The molecular weight excluding hydrogens is 192 g/mol. The Bertz CT molecular complexity index is 358. The predicted molar refractivity (Wildman–Crippen MR) is 58.2 cm³/mol. The zero-order valence-electron chi connectivity index (χ0n) is 9.03. The molecule has 1 atom stereocenters. The van der Waals surface area contributed by atoms with Crippen LogP contribution in [-0.4, -0.2) is 16.2 Å². The van der Waals surface area contributed by atoms with Crippen LogP contribution in [-0.2, 0) is 6.42 Å². The van der Waals surface area contributed by atoms with Crippen molar-refractivity contribution in [2.75, 3.05) is 0 Å². The molecule has 0 fully saturated rings. The number of hydrogen-bond acceptors (Lipinski definition) is 2. The monoisotopic (exact) mass is 208 g/mol. The number of rotatable bonds is 4. The first-order chi connectivity index (χ1) is 7.06. The second-order valence-electron chi connectivity index (χ2n) is 3.84. The highest BCUT2D eigenvalue weighted by Gasteiger charge is 2.13. The zero-order chi connectivity index (χ0) is 11.4. The Balaban J connectivity index is 2.99. The highest BCUT2D eigenvalue weighted by molar-refractivity contribution is 5.91. The molecule has 0 heterocycles. The number of carboxylic acids is 1. The van der Waals surface area contributed by atoms with Gasteiger partial charge in [0, 0.05) is 0 Å². The molecule has 82 valence electrons. The van der Waals surface area contributed by atoms with Crippen molar-refractivity contribution < 1.29 is 15.0 Å². The summed E-state index contributed by atoms with van der Waals surface area (Å²) in [6, 6.07) is 4.85. The first-order valence-electron chi connectivity index (χ1n) is 5.10. The molecule has 0 saturated heterocycles. The number of para-hydroxylation sites is 1. The van der Waals surface area contributed by atoms with Crippen molar-refractivity contribution in [2.24, 2.45) is 5.92 Å². The summed E-state index contributed by atoms with van der Waals surface area (Å²) in [4.78, 5) is 10.8. The molecule has 0 aromatic heterocycles. The van der Waals surface area contributed by atoms with E-state index in [-0.39, 0.29) is 11.3 Å². The molecule has 1 unspecified atom stereocenters. The van der Waals surface area contributed by atoms with Crippen LogP contribution in [0.15, 0.2) is 18.2 Å². The number of carbonyl (C=O) groups is 1. The summed E-state index contributed by atoms with van der Waals surface area (Å²) in [7, 11) is 0. The van der Waals surface area contributed by atoms with Crippen molar-refractivity contribution in [1.82, 2.24) is 0 Å². The number of aromatic carboxylic acids is 1. The first kappa shape index (κ1) is 11.6. The minimum atomic E-state index is -1.08. The normalized spacial score (nSPS) is 12.4. The average molecular weight is 208 g/mol. The van der Waals surface area contributed by atoms with E-state index in [0.29, 0.717) is 17.9 Å². The van der Waals surface area contributed by atoms with Gasteiger partial charge in [0.15, 0.2) is 0 Å². The van der Waals surface area contributed by atoms with Crippen molar-refractivity contribution >= 4 is 5.97 Å². The molecule has 0 spiro atoms. The predicted octanol–water partition coefficient (Wildman–Crippen LogP) is 2.68. The van der Waals surface area contributed by atoms with Crippen molar-refractivity contribution in [2.45, 2.75) is 26.7 Å². The Morgan fingerprint density at radius 3 is 2.67 bits per heavy atom. The van der Waals surface area contributed by atoms with Gasteiger partial charge in [-0.3, -0.25) is 0 Å². The van der Waals surface area contributed by atoms with Gasteiger partial charge >= 0.3 is 5.97 Å². The molecule has 1 rings (SSSR count). The van der Waals surface area contributed by atoms with E-state index in [2.05, 4.69) is 13.8 Å². The van der Waals surface area contributed by atoms with Crippen molar-refractivity contribution in [3.8, 4) is 5.75 Å². The van der Waals surface area contributed by atoms with Gasteiger partial charge in [0.2, 0.25) is 0 Å². The summed E-state index contributed by atoms with van der Waals surface area (Å²) < 4.78 is 0. The third-order valence-corrected chi connectivity index (χ3v) is 2.62. The molecule has 0 radical (unpaired) electrons. The maximum absolute atomic E-state index is 10.8. The van der Waals surface area contributed by atoms with Gasteiger partial charge < -0.3 is 10.2 Å². The fourth-order valence-corrected chi connectivity index (χ4v) is 1.45.